The highest BCUT2D eigenvalue weighted by Crippen LogP contribution is 2.44. The van der Waals surface area contributed by atoms with Gasteiger partial charge in [-0.15, -0.1) is 11.8 Å². The van der Waals surface area contributed by atoms with E-state index in [0.29, 0.717) is 6.42 Å². The van der Waals surface area contributed by atoms with Crippen molar-refractivity contribution < 1.29 is 14.6 Å². The molecule has 17 heavy (non-hydrogen) atoms. The third-order valence-electron chi connectivity index (χ3n) is 3.13. The van der Waals surface area contributed by atoms with E-state index in [2.05, 4.69) is 0 Å². The molecular weight excluding hydrogens is 236 g/mol. The molecule has 0 atom stereocenters. The minimum atomic E-state index is -0.482. The van der Waals surface area contributed by atoms with Gasteiger partial charge in [-0.1, -0.05) is 6.07 Å². The summed E-state index contributed by atoms with van der Waals surface area (Å²) in [5.41, 5.74) is 0.652. The number of thioether (sulfide) groups is 1. The Labute approximate surface area is 106 Å². The molecule has 1 N–H and O–H groups in total. The zero-order valence-corrected chi connectivity index (χ0v) is 11.3. The van der Waals surface area contributed by atoms with Gasteiger partial charge < -0.3 is 14.6 Å². The van der Waals surface area contributed by atoms with Crippen molar-refractivity contribution in [3.8, 4) is 11.5 Å². The quantitative estimate of drug-likeness (QED) is 0.819. The first-order chi connectivity index (χ1) is 8.13. The summed E-state index contributed by atoms with van der Waals surface area (Å²) in [5, 5.41) is 10.0. The maximum absolute atomic E-state index is 10.0. The zero-order chi connectivity index (χ0) is 12.5. The van der Waals surface area contributed by atoms with E-state index in [0.717, 1.165) is 34.8 Å². The van der Waals surface area contributed by atoms with E-state index in [1.165, 1.54) is 0 Å². The molecule has 3 nitrogen and oxygen atoms in total. The summed E-state index contributed by atoms with van der Waals surface area (Å²) in [6, 6.07) is 3.92. The van der Waals surface area contributed by atoms with Crippen LogP contribution in [0, 0.1) is 0 Å². The van der Waals surface area contributed by atoms with E-state index in [9.17, 15) is 5.11 Å². The lowest BCUT2D eigenvalue weighted by atomic mass is 10.1. The van der Waals surface area contributed by atoms with Gasteiger partial charge in [0.05, 0.1) is 24.7 Å². The molecule has 0 unspecified atom stereocenters. The molecule has 1 aromatic rings. The Kier molecular flexibility index (Phi) is 3.54. The Morgan fingerprint density at radius 1 is 1.29 bits per heavy atom. The van der Waals surface area contributed by atoms with Gasteiger partial charge in [-0.25, -0.2) is 0 Å². The van der Waals surface area contributed by atoms with Gasteiger partial charge in [0.2, 0.25) is 0 Å². The van der Waals surface area contributed by atoms with E-state index >= 15 is 0 Å². The fraction of sp³-hybridized carbons (Fsp3) is 0.538. The molecule has 0 amide bonds. The Morgan fingerprint density at radius 2 is 2.00 bits per heavy atom. The van der Waals surface area contributed by atoms with Crippen LogP contribution in [0.4, 0.5) is 0 Å². The number of rotatable bonds is 5. The highest BCUT2D eigenvalue weighted by atomic mass is 32.2. The van der Waals surface area contributed by atoms with E-state index < -0.39 is 5.60 Å². The summed E-state index contributed by atoms with van der Waals surface area (Å²) in [5.74, 6) is 1.50. The predicted molar refractivity (Wildman–Crippen MR) is 69.2 cm³/mol. The number of hydrogen-bond acceptors (Lipinski definition) is 4. The molecule has 0 bridgehead atoms. The Balaban J connectivity index is 2.38. The number of hydrogen-bond donors (Lipinski definition) is 1. The SMILES string of the molecule is COc1ccc(CC2(O)CC2)c(SC)c1OC. The second-order valence-corrected chi connectivity index (χ2v) is 5.21. The number of methoxy groups -OCH3 is 2. The first-order valence-corrected chi connectivity index (χ1v) is 6.86. The molecule has 0 aliphatic heterocycles. The molecule has 0 heterocycles. The molecule has 1 saturated carbocycles. The van der Waals surface area contributed by atoms with Crippen molar-refractivity contribution in [1.82, 2.24) is 0 Å². The standard InChI is InChI=1S/C13H18O3S/c1-15-10-5-4-9(8-13(14)6-7-13)12(17-3)11(10)16-2/h4-5,14H,6-8H2,1-3H3. The molecule has 0 spiro atoms. The average molecular weight is 254 g/mol. The van der Waals surface area contributed by atoms with Crippen LogP contribution in [0.25, 0.3) is 0 Å². The van der Waals surface area contributed by atoms with E-state index in [1.54, 1.807) is 26.0 Å². The number of aliphatic hydroxyl groups is 1. The summed E-state index contributed by atoms with van der Waals surface area (Å²) in [6.07, 6.45) is 4.51. The Morgan fingerprint density at radius 3 is 2.47 bits per heavy atom. The van der Waals surface area contributed by atoms with Crippen LogP contribution in [0.2, 0.25) is 0 Å². The van der Waals surface area contributed by atoms with Crippen molar-refractivity contribution in [2.24, 2.45) is 0 Å². The first kappa shape index (κ1) is 12.6. The molecule has 1 aliphatic carbocycles. The average Bonchev–Trinajstić information content (AvgIpc) is 3.06. The lowest BCUT2D eigenvalue weighted by Gasteiger charge is -2.17. The van der Waals surface area contributed by atoms with Crippen LogP contribution >= 0.6 is 11.8 Å². The first-order valence-electron chi connectivity index (χ1n) is 5.64. The van der Waals surface area contributed by atoms with Crippen LogP contribution in [0.5, 0.6) is 11.5 Å². The van der Waals surface area contributed by atoms with Crippen LogP contribution in [-0.4, -0.2) is 31.2 Å². The van der Waals surface area contributed by atoms with E-state index in [-0.39, 0.29) is 0 Å². The smallest absolute Gasteiger partial charge is 0.174 e. The van der Waals surface area contributed by atoms with Crippen molar-refractivity contribution in [3.05, 3.63) is 17.7 Å². The lowest BCUT2D eigenvalue weighted by Crippen LogP contribution is -2.12. The van der Waals surface area contributed by atoms with Crippen LogP contribution in [0.1, 0.15) is 18.4 Å². The summed E-state index contributed by atoms with van der Waals surface area (Å²) >= 11 is 1.63. The Bertz CT molecular complexity index is 413. The molecule has 0 saturated heterocycles. The third kappa shape index (κ3) is 2.53. The number of ether oxygens (including phenoxy) is 2. The van der Waals surface area contributed by atoms with Crippen LogP contribution in [0.15, 0.2) is 17.0 Å². The lowest BCUT2D eigenvalue weighted by molar-refractivity contribution is 0.150. The van der Waals surface area contributed by atoms with Gasteiger partial charge in [-0.2, -0.15) is 0 Å². The highest BCUT2D eigenvalue weighted by Gasteiger charge is 2.40. The maximum Gasteiger partial charge on any atom is 0.174 e. The zero-order valence-electron chi connectivity index (χ0n) is 10.4. The Hall–Kier alpha value is -0.870. The van der Waals surface area contributed by atoms with Gasteiger partial charge in [-0.3, -0.25) is 0 Å². The summed E-state index contributed by atoms with van der Waals surface area (Å²) in [6.45, 7) is 0. The monoisotopic (exact) mass is 254 g/mol. The van der Waals surface area contributed by atoms with Gasteiger partial charge >= 0.3 is 0 Å². The van der Waals surface area contributed by atoms with Gasteiger partial charge in [0.25, 0.3) is 0 Å². The van der Waals surface area contributed by atoms with Gasteiger partial charge in [0, 0.05) is 6.42 Å². The van der Waals surface area contributed by atoms with Gasteiger partial charge in [0.15, 0.2) is 11.5 Å². The molecule has 1 aromatic carbocycles. The maximum atomic E-state index is 10.0. The molecule has 1 aliphatic rings. The summed E-state index contributed by atoms with van der Waals surface area (Å²) in [4.78, 5) is 1.06. The molecular formula is C13H18O3S. The normalized spacial score (nSPS) is 16.7. The number of benzene rings is 1. The van der Waals surface area contributed by atoms with Crippen molar-refractivity contribution in [3.63, 3.8) is 0 Å². The van der Waals surface area contributed by atoms with Crippen molar-refractivity contribution >= 4 is 11.8 Å². The van der Waals surface area contributed by atoms with Crippen LogP contribution in [0.3, 0.4) is 0 Å². The van der Waals surface area contributed by atoms with Crippen LogP contribution < -0.4 is 9.47 Å². The molecule has 4 heteroatoms. The van der Waals surface area contributed by atoms with E-state index in [4.69, 9.17) is 9.47 Å². The second kappa shape index (κ2) is 4.78. The summed E-state index contributed by atoms with van der Waals surface area (Å²) in [7, 11) is 3.28. The highest BCUT2D eigenvalue weighted by molar-refractivity contribution is 7.98. The fourth-order valence-corrected chi connectivity index (χ4v) is 2.75. The van der Waals surface area contributed by atoms with E-state index in [1.807, 2.05) is 18.4 Å². The molecule has 1 fully saturated rings. The minimum Gasteiger partial charge on any atom is -0.493 e. The molecule has 0 radical (unpaired) electrons. The molecule has 0 aromatic heterocycles. The third-order valence-corrected chi connectivity index (χ3v) is 3.99. The summed E-state index contributed by atoms with van der Waals surface area (Å²) < 4.78 is 10.7. The topological polar surface area (TPSA) is 38.7 Å². The van der Waals surface area contributed by atoms with Gasteiger partial charge in [0.1, 0.15) is 0 Å². The largest absolute Gasteiger partial charge is 0.493 e. The molecule has 2 rings (SSSR count). The minimum absolute atomic E-state index is 0.482. The van der Waals surface area contributed by atoms with Crippen molar-refractivity contribution in [2.75, 3.05) is 20.5 Å². The van der Waals surface area contributed by atoms with Crippen molar-refractivity contribution in [1.29, 1.82) is 0 Å². The van der Waals surface area contributed by atoms with Gasteiger partial charge in [-0.05, 0) is 30.7 Å². The predicted octanol–water partition coefficient (Wildman–Crippen LogP) is 2.49. The van der Waals surface area contributed by atoms with Crippen molar-refractivity contribution in [2.45, 2.75) is 29.8 Å². The fourth-order valence-electron chi connectivity index (χ4n) is 1.98. The van der Waals surface area contributed by atoms with Crippen LogP contribution in [-0.2, 0) is 6.42 Å². The molecule has 94 valence electrons. The second-order valence-electron chi connectivity index (χ2n) is 4.39.